The Morgan fingerprint density at radius 1 is 1.12 bits per heavy atom. The van der Waals surface area contributed by atoms with E-state index < -0.39 is 11.9 Å². The van der Waals surface area contributed by atoms with Gasteiger partial charge in [0, 0.05) is 11.6 Å². The predicted octanol–water partition coefficient (Wildman–Crippen LogP) is 2.57. The summed E-state index contributed by atoms with van der Waals surface area (Å²) in [6, 6.07) is 4.40. The number of nitrogens with one attached hydrogen (secondary N) is 2. The molecule has 0 saturated carbocycles. The van der Waals surface area contributed by atoms with Gasteiger partial charge >= 0.3 is 5.97 Å². The zero-order valence-electron chi connectivity index (χ0n) is 13.4. The molecular weight excluding hydrogens is 355 g/mol. The Bertz CT molecular complexity index is 593. The van der Waals surface area contributed by atoms with Gasteiger partial charge in [-0.05, 0) is 24.6 Å². The van der Waals surface area contributed by atoms with Crippen LogP contribution in [0.15, 0.2) is 18.2 Å². The van der Waals surface area contributed by atoms with Crippen LogP contribution in [0.2, 0.25) is 10.0 Å². The van der Waals surface area contributed by atoms with Crippen molar-refractivity contribution in [2.45, 2.75) is 26.2 Å². The molecule has 0 aromatic heterocycles. The Morgan fingerprint density at radius 3 is 2.54 bits per heavy atom. The maximum atomic E-state index is 11.9. The van der Waals surface area contributed by atoms with Gasteiger partial charge in [-0.1, -0.05) is 43.0 Å². The second-order valence-electron chi connectivity index (χ2n) is 5.02. The monoisotopic (exact) mass is 374 g/mol. The maximum Gasteiger partial charge on any atom is 0.325 e. The number of hydrogen-bond donors (Lipinski definition) is 2. The van der Waals surface area contributed by atoms with Crippen LogP contribution in [0, 0.1) is 0 Å². The van der Waals surface area contributed by atoms with Gasteiger partial charge in [-0.15, -0.1) is 0 Å². The van der Waals surface area contributed by atoms with E-state index in [1.807, 2.05) is 0 Å². The first-order valence-electron chi connectivity index (χ1n) is 7.59. The van der Waals surface area contributed by atoms with Crippen LogP contribution in [-0.4, -0.2) is 37.5 Å². The molecule has 2 N–H and O–H groups in total. The largest absolute Gasteiger partial charge is 0.454 e. The van der Waals surface area contributed by atoms with Crippen molar-refractivity contribution >= 4 is 41.0 Å². The molecule has 1 aromatic rings. The van der Waals surface area contributed by atoms with E-state index in [1.165, 1.54) is 18.2 Å². The lowest BCUT2D eigenvalue weighted by molar-refractivity contribution is -0.147. The van der Waals surface area contributed by atoms with Crippen molar-refractivity contribution in [1.29, 1.82) is 0 Å². The van der Waals surface area contributed by atoms with E-state index in [0.29, 0.717) is 11.6 Å². The van der Waals surface area contributed by atoms with Gasteiger partial charge < -0.3 is 15.4 Å². The van der Waals surface area contributed by atoms with Gasteiger partial charge in [-0.3, -0.25) is 14.4 Å². The molecule has 0 radical (unpaired) electrons. The summed E-state index contributed by atoms with van der Waals surface area (Å²) in [7, 11) is 0. The van der Waals surface area contributed by atoms with Gasteiger partial charge in [0.25, 0.3) is 11.8 Å². The Morgan fingerprint density at radius 2 is 1.88 bits per heavy atom. The lowest BCUT2D eigenvalue weighted by Gasteiger charge is -2.08. The van der Waals surface area contributed by atoms with Gasteiger partial charge in [0.2, 0.25) is 0 Å². The maximum absolute atomic E-state index is 11.9. The van der Waals surface area contributed by atoms with Crippen molar-refractivity contribution in [3.63, 3.8) is 0 Å². The second kappa shape index (κ2) is 10.9. The van der Waals surface area contributed by atoms with Crippen molar-refractivity contribution in [2.24, 2.45) is 0 Å². The number of rotatable bonds is 9. The fourth-order valence-electron chi connectivity index (χ4n) is 1.77. The first-order valence-corrected chi connectivity index (χ1v) is 8.35. The number of benzene rings is 1. The minimum atomic E-state index is -0.711. The summed E-state index contributed by atoms with van der Waals surface area (Å²) < 4.78 is 4.78. The van der Waals surface area contributed by atoms with Gasteiger partial charge in [-0.25, -0.2) is 0 Å². The highest BCUT2D eigenvalue weighted by molar-refractivity contribution is 6.36. The number of hydrogen-bond acceptors (Lipinski definition) is 4. The first-order chi connectivity index (χ1) is 11.4. The fourth-order valence-corrected chi connectivity index (χ4v) is 2.27. The van der Waals surface area contributed by atoms with Crippen LogP contribution in [0.25, 0.3) is 0 Å². The van der Waals surface area contributed by atoms with Crippen LogP contribution in [0.4, 0.5) is 0 Å². The second-order valence-corrected chi connectivity index (χ2v) is 5.87. The Hall–Kier alpha value is -1.79. The number of ether oxygens (including phenoxy) is 1. The molecule has 132 valence electrons. The van der Waals surface area contributed by atoms with Gasteiger partial charge in [0.15, 0.2) is 6.61 Å². The van der Waals surface area contributed by atoms with Crippen LogP contribution in [0.5, 0.6) is 0 Å². The fraction of sp³-hybridized carbons (Fsp3) is 0.438. The van der Waals surface area contributed by atoms with E-state index in [4.69, 9.17) is 27.9 Å². The average molecular weight is 375 g/mol. The van der Waals surface area contributed by atoms with E-state index in [2.05, 4.69) is 17.6 Å². The molecule has 0 heterocycles. The topological polar surface area (TPSA) is 84.5 Å². The molecule has 8 heteroatoms. The molecule has 24 heavy (non-hydrogen) atoms. The van der Waals surface area contributed by atoms with Crippen LogP contribution >= 0.6 is 23.2 Å². The van der Waals surface area contributed by atoms with Crippen molar-refractivity contribution < 1.29 is 19.1 Å². The molecule has 1 rings (SSSR count). The van der Waals surface area contributed by atoms with E-state index >= 15 is 0 Å². The van der Waals surface area contributed by atoms with Crippen LogP contribution in [0.1, 0.15) is 36.5 Å². The third-order valence-electron chi connectivity index (χ3n) is 3.04. The normalized spacial score (nSPS) is 10.1. The molecule has 0 aliphatic rings. The van der Waals surface area contributed by atoms with Crippen molar-refractivity contribution in [3.8, 4) is 0 Å². The molecule has 0 saturated heterocycles. The van der Waals surface area contributed by atoms with Crippen molar-refractivity contribution in [1.82, 2.24) is 10.6 Å². The summed E-state index contributed by atoms with van der Waals surface area (Å²) in [5.74, 6) is -1.61. The zero-order valence-corrected chi connectivity index (χ0v) is 14.9. The van der Waals surface area contributed by atoms with Crippen LogP contribution in [0.3, 0.4) is 0 Å². The molecule has 1 aromatic carbocycles. The summed E-state index contributed by atoms with van der Waals surface area (Å²) in [4.78, 5) is 34.9. The third kappa shape index (κ3) is 7.66. The smallest absolute Gasteiger partial charge is 0.325 e. The highest BCUT2D eigenvalue weighted by Gasteiger charge is 2.13. The molecule has 0 unspecified atom stereocenters. The van der Waals surface area contributed by atoms with Gasteiger partial charge in [-0.2, -0.15) is 0 Å². The van der Waals surface area contributed by atoms with E-state index in [-0.39, 0.29) is 29.6 Å². The highest BCUT2D eigenvalue weighted by atomic mass is 35.5. The summed E-state index contributed by atoms with van der Waals surface area (Å²) in [5, 5.41) is 5.60. The minimum Gasteiger partial charge on any atom is -0.454 e. The lowest BCUT2D eigenvalue weighted by atomic mass is 10.2. The zero-order chi connectivity index (χ0) is 17.9. The Kier molecular flexibility index (Phi) is 9.19. The van der Waals surface area contributed by atoms with Crippen molar-refractivity contribution in [2.75, 3.05) is 19.7 Å². The number of unbranched alkanes of at least 4 members (excludes halogenated alkanes) is 2. The van der Waals surface area contributed by atoms with E-state index in [1.54, 1.807) is 0 Å². The number of amides is 2. The summed E-state index contributed by atoms with van der Waals surface area (Å²) in [6.45, 7) is 1.88. The summed E-state index contributed by atoms with van der Waals surface area (Å²) in [5.41, 5.74) is 0.197. The van der Waals surface area contributed by atoms with Crippen LogP contribution in [-0.2, 0) is 14.3 Å². The lowest BCUT2D eigenvalue weighted by Crippen LogP contribution is -2.34. The molecule has 0 aliphatic carbocycles. The summed E-state index contributed by atoms with van der Waals surface area (Å²) >= 11 is 11.6. The molecule has 0 spiro atoms. The minimum absolute atomic E-state index is 0.180. The van der Waals surface area contributed by atoms with Crippen LogP contribution < -0.4 is 10.6 Å². The van der Waals surface area contributed by atoms with Gasteiger partial charge in [0.1, 0.15) is 6.54 Å². The third-order valence-corrected chi connectivity index (χ3v) is 3.58. The Balaban J connectivity index is 2.28. The Labute approximate surface area is 150 Å². The SMILES string of the molecule is CCCCCNC(=O)COC(=O)CNC(=O)c1ccc(Cl)cc1Cl. The number of carbonyl (C=O) groups excluding carboxylic acids is 3. The summed E-state index contributed by atoms with van der Waals surface area (Å²) in [6.07, 6.45) is 2.97. The molecule has 0 fully saturated rings. The van der Waals surface area contributed by atoms with E-state index in [9.17, 15) is 14.4 Å². The molecule has 0 aliphatic heterocycles. The molecule has 0 atom stereocenters. The first kappa shape index (κ1) is 20.3. The van der Waals surface area contributed by atoms with Gasteiger partial charge in [0.05, 0.1) is 10.6 Å². The quantitative estimate of drug-likeness (QED) is 0.513. The molecule has 6 nitrogen and oxygen atoms in total. The number of carbonyl (C=O) groups is 3. The van der Waals surface area contributed by atoms with E-state index in [0.717, 1.165) is 19.3 Å². The molecule has 2 amide bonds. The molecule has 0 bridgehead atoms. The number of esters is 1. The van der Waals surface area contributed by atoms with Crippen molar-refractivity contribution in [3.05, 3.63) is 33.8 Å². The molecular formula is C16H20Cl2N2O4. The predicted molar refractivity (Wildman–Crippen MR) is 92.3 cm³/mol. The number of halogens is 2. The standard InChI is InChI=1S/C16H20Cl2N2O4/c1-2-3-4-7-19-14(21)10-24-15(22)9-20-16(23)12-6-5-11(17)8-13(12)18/h5-6,8H,2-4,7,9-10H2,1H3,(H,19,21)(H,20,23). The average Bonchev–Trinajstić information content (AvgIpc) is 2.54. The highest BCUT2D eigenvalue weighted by Crippen LogP contribution is 2.20.